The van der Waals surface area contributed by atoms with Crippen LogP contribution < -0.4 is 5.32 Å². The van der Waals surface area contributed by atoms with Crippen molar-refractivity contribution in [2.75, 3.05) is 31.7 Å². The van der Waals surface area contributed by atoms with E-state index in [1.165, 1.54) is 18.6 Å². The van der Waals surface area contributed by atoms with Gasteiger partial charge in [-0.2, -0.15) is 11.8 Å². The largest absolute Gasteiger partial charge is 0.396 e. The van der Waals surface area contributed by atoms with Crippen LogP contribution in [0.25, 0.3) is 0 Å². The molecule has 0 aromatic heterocycles. The smallest absolute Gasteiger partial charge is 0.0431 e. The van der Waals surface area contributed by atoms with E-state index in [0.29, 0.717) is 6.61 Å². The van der Waals surface area contributed by atoms with E-state index >= 15 is 0 Å². The predicted octanol–water partition coefficient (Wildman–Crippen LogP) is 1.49. The van der Waals surface area contributed by atoms with Crippen LogP contribution in [-0.4, -0.2) is 36.8 Å². The van der Waals surface area contributed by atoms with Crippen molar-refractivity contribution in [2.45, 2.75) is 25.7 Å². The van der Waals surface area contributed by atoms with Crippen LogP contribution in [-0.2, 0) is 0 Å². The Morgan fingerprint density at radius 3 is 2.33 bits per heavy atom. The first-order valence-electron chi connectivity index (χ1n) is 4.72. The summed E-state index contributed by atoms with van der Waals surface area (Å²) < 4.78 is 0. The molecule has 0 amide bonds. The van der Waals surface area contributed by atoms with Crippen molar-refractivity contribution in [3.05, 3.63) is 0 Å². The number of thioether (sulfide) groups is 1. The van der Waals surface area contributed by atoms with E-state index in [-0.39, 0.29) is 0 Å². The second-order valence-corrected chi connectivity index (χ2v) is 3.87. The van der Waals surface area contributed by atoms with E-state index in [1.807, 2.05) is 11.8 Å². The average Bonchev–Trinajstić information content (AvgIpc) is 2.10. The van der Waals surface area contributed by atoms with Crippen LogP contribution >= 0.6 is 11.8 Å². The van der Waals surface area contributed by atoms with Crippen molar-refractivity contribution < 1.29 is 5.11 Å². The van der Waals surface area contributed by atoms with E-state index in [1.54, 1.807) is 0 Å². The van der Waals surface area contributed by atoms with Gasteiger partial charge in [-0.05, 0) is 50.8 Å². The van der Waals surface area contributed by atoms with E-state index in [2.05, 4.69) is 11.6 Å². The highest BCUT2D eigenvalue weighted by Crippen LogP contribution is 1.97. The van der Waals surface area contributed by atoms with E-state index in [4.69, 9.17) is 5.11 Å². The van der Waals surface area contributed by atoms with Gasteiger partial charge in [0, 0.05) is 6.61 Å². The first kappa shape index (κ1) is 12.3. The first-order chi connectivity index (χ1) is 5.91. The highest BCUT2D eigenvalue weighted by atomic mass is 32.2. The van der Waals surface area contributed by atoms with Gasteiger partial charge in [-0.3, -0.25) is 0 Å². The topological polar surface area (TPSA) is 32.3 Å². The Labute approximate surface area is 80.1 Å². The summed E-state index contributed by atoms with van der Waals surface area (Å²) >= 11 is 1.91. The molecular weight excluding hydrogens is 170 g/mol. The van der Waals surface area contributed by atoms with Gasteiger partial charge in [0.2, 0.25) is 0 Å². The van der Waals surface area contributed by atoms with Crippen molar-refractivity contribution in [1.29, 1.82) is 0 Å². The molecule has 0 aromatic rings. The zero-order valence-electron chi connectivity index (χ0n) is 8.01. The van der Waals surface area contributed by atoms with Crippen molar-refractivity contribution in [2.24, 2.45) is 0 Å². The third-order valence-corrected chi connectivity index (χ3v) is 2.41. The van der Waals surface area contributed by atoms with Crippen LogP contribution in [0, 0.1) is 0 Å². The maximum atomic E-state index is 8.51. The molecule has 0 unspecified atom stereocenters. The minimum absolute atomic E-state index is 0.328. The highest BCUT2D eigenvalue weighted by Gasteiger charge is 1.88. The van der Waals surface area contributed by atoms with Crippen LogP contribution in [0.15, 0.2) is 0 Å². The summed E-state index contributed by atoms with van der Waals surface area (Å²) in [6.07, 6.45) is 6.76. The maximum absolute atomic E-state index is 8.51. The van der Waals surface area contributed by atoms with Crippen LogP contribution in [0.4, 0.5) is 0 Å². The zero-order valence-corrected chi connectivity index (χ0v) is 8.83. The number of aliphatic hydroxyl groups is 1. The molecule has 12 heavy (non-hydrogen) atoms. The molecule has 0 spiro atoms. The molecule has 0 saturated carbocycles. The molecule has 0 atom stereocenters. The second kappa shape index (κ2) is 11.3. The summed E-state index contributed by atoms with van der Waals surface area (Å²) in [5.74, 6) is 1.28. The highest BCUT2D eigenvalue weighted by molar-refractivity contribution is 7.98. The SMILES string of the molecule is CSCCCCNCCCCO. The van der Waals surface area contributed by atoms with E-state index in [9.17, 15) is 0 Å². The number of unbranched alkanes of at least 4 members (excludes halogenated alkanes) is 2. The van der Waals surface area contributed by atoms with Crippen LogP contribution in [0.5, 0.6) is 0 Å². The Morgan fingerprint density at radius 2 is 1.75 bits per heavy atom. The average molecular weight is 191 g/mol. The molecule has 74 valence electrons. The Bertz CT molecular complexity index is 70.9. The molecule has 2 N–H and O–H groups in total. The van der Waals surface area contributed by atoms with Gasteiger partial charge in [-0.25, -0.2) is 0 Å². The van der Waals surface area contributed by atoms with Crippen molar-refractivity contribution in [1.82, 2.24) is 5.32 Å². The number of hydrogen-bond acceptors (Lipinski definition) is 3. The summed E-state index contributed by atoms with van der Waals surface area (Å²) in [7, 11) is 0. The molecule has 0 aliphatic rings. The molecule has 0 aliphatic carbocycles. The maximum Gasteiger partial charge on any atom is 0.0431 e. The molecule has 0 radical (unpaired) electrons. The van der Waals surface area contributed by atoms with Crippen LogP contribution in [0.1, 0.15) is 25.7 Å². The fourth-order valence-corrected chi connectivity index (χ4v) is 1.48. The number of aliphatic hydroxyl groups excluding tert-OH is 1. The summed E-state index contributed by atoms with van der Waals surface area (Å²) in [5, 5.41) is 11.9. The predicted molar refractivity (Wildman–Crippen MR) is 56.8 cm³/mol. The van der Waals surface area contributed by atoms with Crippen LogP contribution in [0.2, 0.25) is 0 Å². The summed E-state index contributed by atoms with van der Waals surface area (Å²) in [6.45, 7) is 2.51. The summed E-state index contributed by atoms with van der Waals surface area (Å²) in [6, 6.07) is 0. The molecule has 0 heterocycles. The lowest BCUT2D eigenvalue weighted by Crippen LogP contribution is -2.17. The molecule has 2 nitrogen and oxygen atoms in total. The minimum Gasteiger partial charge on any atom is -0.396 e. The van der Waals surface area contributed by atoms with Gasteiger partial charge in [0.1, 0.15) is 0 Å². The van der Waals surface area contributed by atoms with E-state index < -0.39 is 0 Å². The number of rotatable bonds is 9. The second-order valence-electron chi connectivity index (χ2n) is 2.88. The lowest BCUT2D eigenvalue weighted by atomic mass is 10.3. The fourth-order valence-electron chi connectivity index (χ4n) is 0.983. The van der Waals surface area contributed by atoms with Gasteiger partial charge >= 0.3 is 0 Å². The Hall–Kier alpha value is 0.270. The van der Waals surface area contributed by atoms with Gasteiger partial charge < -0.3 is 10.4 Å². The first-order valence-corrected chi connectivity index (χ1v) is 6.11. The third kappa shape index (κ3) is 10.3. The van der Waals surface area contributed by atoms with Gasteiger partial charge in [-0.1, -0.05) is 0 Å². The molecule has 0 aliphatic heterocycles. The quantitative estimate of drug-likeness (QED) is 0.542. The fraction of sp³-hybridized carbons (Fsp3) is 1.00. The van der Waals surface area contributed by atoms with Gasteiger partial charge in [-0.15, -0.1) is 0 Å². The van der Waals surface area contributed by atoms with Crippen molar-refractivity contribution >= 4 is 11.8 Å². The Morgan fingerprint density at radius 1 is 1.08 bits per heavy atom. The molecule has 0 rings (SSSR count). The van der Waals surface area contributed by atoms with E-state index in [0.717, 1.165) is 25.9 Å². The van der Waals surface area contributed by atoms with Gasteiger partial charge in [0.25, 0.3) is 0 Å². The monoisotopic (exact) mass is 191 g/mol. The molecule has 0 bridgehead atoms. The molecule has 0 aromatic carbocycles. The Kier molecular flexibility index (Phi) is 11.5. The van der Waals surface area contributed by atoms with Crippen molar-refractivity contribution in [3.8, 4) is 0 Å². The lowest BCUT2D eigenvalue weighted by Gasteiger charge is -2.02. The number of nitrogens with one attached hydrogen (secondary N) is 1. The normalized spacial score (nSPS) is 10.5. The zero-order chi connectivity index (χ0) is 9.07. The Balaban J connectivity index is 2.73. The minimum atomic E-state index is 0.328. The summed E-state index contributed by atoms with van der Waals surface area (Å²) in [5.41, 5.74) is 0. The number of hydrogen-bond donors (Lipinski definition) is 2. The molecule has 0 fully saturated rings. The molecular formula is C9H21NOS. The standard InChI is InChI=1S/C9H21NOS/c1-12-9-5-3-7-10-6-2-4-8-11/h10-11H,2-9H2,1H3. The van der Waals surface area contributed by atoms with Crippen molar-refractivity contribution in [3.63, 3.8) is 0 Å². The molecule has 0 saturated heterocycles. The van der Waals surface area contributed by atoms with Crippen LogP contribution in [0.3, 0.4) is 0 Å². The third-order valence-electron chi connectivity index (χ3n) is 1.71. The lowest BCUT2D eigenvalue weighted by molar-refractivity contribution is 0.283. The molecule has 3 heteroatoms. The van der Waals surface area contributed by atoms with Gasteiger partial charge in [0.15, 0.2) is 0 Å². The summed E-state index contributed by atoms with van der Waals surface area (Å²) in [4.78, 5) is 0. The van der Waals surface area contributed by atoms with Gasteiger partial charge in [0.05, 0.1) is 0 Å².